The highest BCUT2D eigenvalue weighted by molar-refractivity contribution is 7.61. The smallest absolute Gasteiger partial charge is 0.462 e. The monoisotopic (exact) mass is 989 g/mol. The molecule has 19 nitrogen and oxygen atoms in total. The van der Waals surface area contributed by atoms with Crippen molar-refractivity contribution in [2.75, 3.05) is 25.6 Å². The Bertz CT molecular complexity index is 1840. The fraction of sp³-hybridized carbons (Fsp3) is 0.696. The molecule has 0 aliphatic carbocycles. The standard InChI is InChI=1S/C46H77N3O16P2/c1-4-5-21-27-37(50)28-23-18-14-9-7-6-8-10-15-19-24-29-41(51)60-33-38(63-42(52)30-25-20-16-12-11-13-17-22-26-36(2)3)34-61-66(56,57)65-67(58,59)62-35-39-43(53)44(54)45(64-39)49-32-31-40(47)48-46(49)55/h6-7,10,14-15,18,23,28,31-32,36-39,43-45,50,53-54H,4-5,8-9,11-13,16-17,19-22,24-27,29-30,33-35H2,1-3H3,(H,56,57)(H,58,59)(H2,47,48,55)/b7-6-,15-10-,18-14-,28-23+/t37-,38-,39-,43-,44-,45-/m1/s1. The number of nitrogens with two attached hydrogens (primary N) is 1. The van der Waals surface area contributed by atoms with E-state index in [1.165, 1.54) is 31.7 Å². The summed E-state index contributed by atoms with van der Waals surface area (Å²) in [6, 6.07) is 1.24. The number of carbonyl (C=O) groups is 2. The van der Waals surface area contributed by atoms with Crippen LogP contribution in [0.5, 0.6) is 0 Å². The molecule has 1 aromatic heterocycles. The number of aliphatic hydroxyl groups is 3. The zero-order chi connectivity index (χ0) is 49.5. The summed E-state index contributed by atoms with van der Waals surface area (Å²) in [6.45, 7) is 4.18. The number of rotatable bonds is 37. The van der Waals surface area contributed by atoms with Crippen LogP contribution in [-0.2, 0) is 46.3 Å². The van der Waals surface area contributed by atoms with Crippen LogP contribution in [0.1, 0.15) is 149 Å². The minimum atomic E-state index is -5.44. The van der Waals surface area contributed by atoms with Crippen molar-refractivity contribution in [1.82, 2.24) is 9.55 Å². The Labute approximate surface area is 395 Å². The van der Waals surface area contributed by atoms with Gasteiger partial charge in [-0.1, -0.05) is 140 Å². The normalized spacial score (nSPS) is 20.6. The first-order valence-corrected chi connectivity index (χ1v) is 26.6. The Morgan fingerprint density at radius 1 is 0.821 bits per heavy atom. The lowest BCUT2D eigenvalue weighted by molar-refractivity contribution is -0.161. The van der Waals surface area contributed by atoms with E-state index in [4.69, 9.17) is 29.0 Å². The van der Waals surface area contributed by atoms with Crippen molar-refractivity contribution in [2.45, 2.75) is 180 Å². The van der Waals surface area contributed by atoms with Crippen LogP contribution in [0.15, 0.2) is 65.7 Å². The van der Waals surface area contributed by atoms with Crippen molar-refractivity contribution in [3.8, 4) is 0 Å². The molecule has 1 aromatic rings. The van der Waals surface area contributed by atoms with Crippen molar-refractivity contribution >= 4 is 33.4 Å². The second-order valence-electron chi connectivity index (χ2n) is 16.9. The number of aromatic nitrogens is 2. The van der Waals surface area contributed by atoms with Crippen molar-refractivity contribution in [2.24, 2.45) is 5.92 Å². The largest absolute Gasteiger partial charge is 0.481 e. The van der Waals surface area contributed by atoms with Gasteiger partial charge in [-0.2, -0.15) is 9.29 Å². The van der Waals surface area contributed by atoms with Gasteiger partial charge in [-0.25, -0.2) is 13.9 Å². The van der Waals surface area contributed by atoms with E-state index in [1.54, 1.807) is 6.08 Å². The highest BCUT2D eigenvalue weighted by Gasteiger charge is 2.46. The number of nitrogen functional groups attached to an aromatic ring is 1. The fourth-order valence-electron chi connectivity index (χ4n) is 6.72. The lowest BCUT2D eigenvalue weighted by Gasteiger charge is -2.21. The Kier molecular flexibility index (Phi) is 30.4. The van der Waals surface area contributed by atoms with Crippen LogP contribution < -0.4 is 11.4 Å². The number of nitrogens with zero attached hydrogens (tertiary/aromatic N) is 2. The third-order valence-corrected chi connectivity index (χ3v) is 13.1. The van der Waals surface area contributed by atoms with Gasteiger partial charge in [-0.3, -0.25) is 23.2 Å². The summed E-state index contributed by atoms with van der Waals surface area (Å²) in [5.41, 5.74) is 4.57. The van der Waals surface area contributed by atoms with Crippen LogP contribution in [-0.4, -0.2) is 96.9 Å². The van der Waals surface area contributed by atoms with Gasteiger partial charge < -0.3 is 45.1 Å². The lowest BCUT2D eigenvalue weighted by atomic mass is 10.0. The Morgan fingerprint density at radius 3 is 2.13 bits per heavy atom. The number of anilines is 1. The zero-order valence-electron chi connectivity index (χ0n) is 39.5. The van der Waals surface area contributed by atoms with Crippen LogP contribution in [0.25, 0.3) is 0 Å². The van der Waals surface area contributed by atoms with E-state index in [9.17, 15) is 48.6 Å². The van der Waals surface area contributed by atoms with Crippen molar-refractivity contribution < 1.29 is 71.4 Å². The number of allylic oxidation sites excluding steroid dienone is 7. The number of phosphoric acid groups is 2. The van der Waals surface area contributed by atoms with Crippen LogP contribution in [0.4, 0.5) is 5.82 Å². The molecule has 2 rings (SSSR count). The molecular weight excluding hydrogens is 912 g/mol. The molecule has 0 saturated carbocycles. The molecule has 8 atom stereocenters. The molecule has 0 aromatic carbocycles. The molecule has 0 bridgehead atoms. The molecule has 0 radical (unpaired) electrons. The van der Waals surface area contributed by atoms with E-state index < -0.39 is 89.8 Å². The van der Waals surface area contributed by atoms with Crippen molar-refractivity contribution in [3.05, 3.63) is 71.4 Å². The quantitative estimate of drug-likeness (QED) is 0.0122. The van der Waals surface area contributed by atoms with E-state index in [0.29, 0.717) is 31.6 Å². The van der Waals surface area contributed by atoms with E-state index in [0.717, 1.165) is 68.6 Å². The molecule has 67 heavy (non-hydrogen) atoms. The molecule has 1 aliphatic rings. The average Bonchev–Trinajstić information content (AvgIpc) is 3.54. The zero-order valence-corrected chi connectivity index (χ0v) is 41.3. The first kappa shape index (κ1) is 59.8. The minimum Gasteiger partial charge on any atom is -0.462 e. The van der Waals surface area contributed by atoms with E-state index in [-0.39, 0.29) is 18.7 Å². The number of ether oxygens (including phenoxy) is 3. The average molecular weight is 990 g/mol. The van der Waals surface area contributed by atoms with Gasteiger partial charge in [0.1, 0.15) is 30.7 Å². The Morgan fingerprint density at radius 2 is 1.45 bits per heavy atom. The number of carbonyl (C=O) groups excluding carboxylic acids is 2. The van der Waals surface area contributed by atoms with E-state index >= 15 is 0 Å². The molecule has 7 N–H and O–H groups in total. The molecule has 2 unspecified atom stereocenters. The van der Waals surface area contributed by atoms with Gasteiger partial charge >= 0.3 is 33.3 Å². The molecule has 382 valence electrons. The van der Waals surface area contributed by atoms with Crippen LogP contribution in [0.3, 0.4) is 0 Å². The molecule has 0 spiro atoms. The predicted octanol–water partition coefficient (Wildman–Crippen LogP) is 7.82. The Balaban J connectivity index is 1.85. The summed E-state index contributed by atoms with van der Waals surface area (Å²) in [5, 5.41) is 30.8. The fourth-order valence-corrected chi connectivity index (χ4v) is 8.83. The van der Waals surface area contributed by atoms with Crippen molar-refractivity contribution in [3.63, 3.8) is 0 Å². The second kappa shape index (κ2) is 34.1. The second-order valence-corrected chi connectivity index (χ2v) is 20.0. The summed E-state index contributed by atoms with van der Waals surface area (Å²) in [5.74, 6) is -0.697. The van der Waals surface area contributed by atoms with Crippen LogP contribution in [0, 0.1) is 5.92 Å². The summed E-state index contributed by atoms with van der Waals surface area (Å²) in [4.78, 5) is 61.7. The van der Waals surface area contributed by atoms with Crippen LogP contribution in [0.2, 0.25) is 0 Å². The SMILES string of the molecule is CCCCC[C@@H](O)/C=C/C=C\C/C=C\C/C=C\CCCC(=O)OC[C@H](COP(=O)(O)OP(=O)(O)OC[C@H]1O[C@@H](n2ccc(N)nc2=O)[C@H](O)[C@@H]1O)OC(=O)CCCCCCCCCCC(C)C. The van der Waals surface area contributed by atoms with Gasteiger partial charge in [0.2, 0.25) is 0 Å². The highest BCUT2D eigenvalue weighted by atomic mass is 31.3. The van der Waals surface area contributed by atoms with Crippen molar-refractivity contribution in [1.29, 1.82) is 0 Å². The maximum absolute atomic E-state index is 12.8. The number of unbranched alkanes of at least 4 members (excludes halogenated alkanes) is 10. The summed E-state index contributed by atoms with van der Waals surface area (Å²) in [7, 11) is -10.9. The number of phosphoric ester groups is 2. The number of esters is 2. The van der Waals surface area contributed by atoms with Crippen LogP contribution >= 0.6 is 15.6 Å². The van der Waals surface area contributed by atoms with Gasteiger partial charge in [-0.05, 0) is 50.5 Å². The van der Waals surface area contributed by atoms with Gasteiger partial charge in [0.25, 0.3) is 0 Å². The molecule has 0 amide bonds. The van der Waals surface area contributed by atoms with Gasteiger partial charge in [0.05, 0.1) is 19.3 Å². The minimum absolute atomic E-state index is 0.0275. The summed E-state index contributed by atoms with van der Waals surface area (Å²) < 4.78 is 56.5. The molecule has 1 aliphatic heterocycles. The van der Waals surface area contributed by atoms with Gasteiger partial charge in [0, 0.05) is 19.0 Å². The van der Waals surface area contributed by atoms with Gasteiger partial charge in [0.15, 0.2) is 12.3 Å². The predicted molar refractivity (Wildman–Crippen MR) is 253 cm³/mol. The van der Waals surface area contributed by atoms with E-state index in [1.807, 2.05) is 42.5 Å². The topological polar surface area (TPSA) is 286 Å². The molecule has 1 saturated heterocycles. The third kappa shape index (κ3) is 28.1. The summed E-state index contributed by atoms with van der Waals surface area (Å²) in [6.07, 6.45) is 24.2. The molecular formula is C46H77N3O16P2. The summed E-state index contributed by atoms with van der Waals surface area (Å²) >= 11 is 0. The number of aliphatic hydroxyl groups excluding tert-OH is 3. The first-order valence-electron chi connectivity index (χ1n) is 23.6. The number of hydrogen-bond donors (Lipinski definition) is 6. The van der Waals surface area contributed by atoms with Gasteiger partial charge in [-0.15, -0.1) is 0 Å². The number of hydrogen-bond acceptors (Lipinski definition) is 16. The third-order valence-electron chi connectivity index (χ3n) is 10.4. The maximum atomic E-state index is 12.8. The molecule has 21 heteroatoms. The Hall–Kier alpha value is -3.32. The highest BCUT2D eigenvalue weighted by Crippen LogP contribution is 2.60. The first-order chi connectivity index (χ1) is 31.9. The lowest BCUT2D eigenvalue weighted by Crippen LogP contribution is -2.36. The molecule has 1 fully saturated rings. The molecule has 2 heterocycles. The maximum Gasteiger partial charge on any atom is 0.481 e. The van der Waals surface area contributed by atoms with E-state index in [2.05, 4.69) is 30.1 Å².